The average molecular weight is 715 g/mol. The molecule has 0 aliphatic carbocycles. The quantitative estimate of drug-likeness (QED) is 0.0774. The van der Waals surface area contributed by atoms with Crippen molar-refractivity contribution in [2.24, 2.45) is 0 Å². The topological polar surface area (TPSA) is 396 Å². The second-order valence-corrected chi connectivity index (χ2v) is 7.43. The molecule has 0 atom stereocenters. The van der Waals surface area contributed by atoms with Gasteiger partial charge in [-0.1, -0.05) is 0 Å². The van der Waals surface area contributed by atoms with Crippen LogP contribution in [0.4, 0.5) is 0 Å². The van der Waals surface area contributed by atoms with Gasteiger partial charge in [0, 0.05) is 35.6 Å². The molecule has 0 heterocycles. The van der Waals surface area contributed by atoms with E-state index in [1.54, 1.807) is 0 Å². The van der Waals surface area contributed by atoms with Crippen molar-refractivity contribution in [2.45, 2.75) is 55.3 Å². The molecule has 0 aliphatic rings. The van der Waals surface area contributed by atoms with E-state index < -0.39 is 109 Å². The van der Waals surface area contributed by atoms with Crippen LogP contribution in [0.3, 0.4) is 0 Å². The molecule has 0 saturated carbocycles. The first kappa shape index (κ1) is 43.4. The third-order valence-electron chi connectivity index (χ3n) is 3.86. The van der Waals surface area contributed by atoms with Crippen LogP contribution in [-0.2, 0) is 43.2 Å². The Bertz CT molecular complexity index is 812. The van der Waals surface area contributed by atoms with Gasteiger partial charge < -0.3 is 61.3 Å². The van der Waals surface area contributed by atoms with Gasteiger partial charge in [0.15, 0.2) is 16.8 Å². The SMILES string of the molecule is O=C(O)CC(O)(CC(=O)O)C(=O)O.O=C(O)CC(O)(CC(=O)O)C(=O)O.O=C(O)CC(O)(CC(=O)O)C(=O)O.[La]. The fourth-order valence-corrected chi connectivity index (χ4v) is 2.14. The fraction of sp³-hybridized carbons (Fsp3) is 0.500. The number of carboxylic acid groups (broad SMARTS) is 9. The molecule has 0 amide bonds. The number of carbonyl (C=O) groups is 9. The molecule has 0 aromatic heterocycles. The van der Waals surface area contributed by atoms with Crippen LogP contribution in [0.5, 0.6) is 0 Å². The van der Waals surface area contributed by atoms with E-state index in [-0.39, 0.29) is 35.6 Å². The van der Waals surface area contributed by atoms with Crippen LogP contribution in [0.15, 0.2) is 0 Å². The van der Waals surface area contributed by atoms with Gasteiger partial charge in [0.25, 0.3) is 0 Å². The molecule has 0 bridgehead atoms. The molecule has 225 valence electrons. The van der Waals surface area contributed by atoms with Crippen molar-refractivity contribution in [1.82, 2.24) is 0 Å². The minimum absolute atomic E-state index is 0. The number of aliphatic carboxylic acids is 9. The minimum atomic E-state index is -2.74. The predicted molar refractivity (Wildman–Crippen MR) is 111 cm³/mol. The summed E-state index contributed by atoms with van der Waals surface area (Å²) in [4.78, 5) is 91.5. The van der Waals surface area contributed by atoms with Gasteiger partial charge >= 0.3 is 53.7 Å². The number of aliphatic hydroxyl groups is 3. The molecule has 1 radical (unpaired) electrons. The van der Waals surface area contributed by atoms with Crippen molar-refractivity contribution in [3.05, 3.63) is 0 Å². The van der Waals surface area contributed by atoms with Crippen molar-refractivity contribution < 1.29 is 140 Å². The van der Waals surface area contributed by atoms with Crippen molar-refractivity contribution in [1.29, 1.82) is 0 Å². The van der Waals surface area contributed by atoms with Crippen LogP contribution >= 0.6 is 0 Å². The number of hydrogen-bond acceptors (Lipinski definition) is 12. The molecule has 21 nitrogen and oxygen atoms in total. The third-order valence-corrected chi connectivity index (χ3v) is 3.86. The summed E-state index contributed by atoms with van der Waals surface area (Å²) in [5, 5.41) is 101. The molecule has 0 saturated heterocycles. The van der Waals surface area contributed by atoms with Crippen LogP contribution in [-0.4, -0.2) is 132 Å². The Hall–Kier alpha value is -3.70. The molecule has 22 heteroatoms. The Kier molecular flexibility index (Phi) is 20.1. The molecule has 0 rings (SSSR count). The maximum atomic E-state index is 10.3. The molecular formula is C18H24LaO21. The van der Waals surface area contributed by atoms with E-state index in [0.29, 0.717) is 0 Å². The molecule has 0 unspecified atom stereocenters. The van der Waals surface area contributed by atoms with Gasteiger partial charge in [-0.15, -0.1) is 0 Å². The van der Waals surface area contributed by atoms with Crippen LogP contribution < -0.4 is 0 Å². The van der Waals surface area contributed by atoms with Gasteiger partial charge in [0.05, 0.1) is 38.5 Å². The summed E-state index contributed by atoms with van der Waals surface area (Å²) >= 11 is 0. The zero-order valence-electron chi connectivity index (χ0n) is 19.9. The summed E-state index contributed by atoms with van der Waals surface area (Å²) in [5.41, 5.74) is -8.22. The predicted octanol–water partition coefficient (Wildman–Crippen LogP) is -3.75. The maximum Gasteiger partial charge on any atom is 0.336 e. The minimum Gasteiger partial charge on any atom is -0.481 e. The normalized spacial score (nSPS) is 10.6. The summed E-state index contributed by atoms with van der Waals surface area (Å²) in [6.45, 7) is 0. The van der Waals surface area contributed by atoms with Gasteiger partial charge in [-0.2, -0.15) is 0 Å². The first-order valence-electron chi connectivity index (χ1n) is 9.51. The number of rotatable bonds is 15. The molecule has 0 spiro atoms. The van der Waals surface area contributed by atoms with Gasteiger partial charge in [0.1, 0.15) is 0 Å². The molecule has 0 aromatic carbocycles. The molecule has 12 N–H and O–H groups in total. The molecule has 0 aliphatic heterocycles. The van der Waals surface area contributed by atoms with Crippen LogP contribution in [0, 0.1) is 35.6 Å². The summed E-state index contributed by atoms with van der Waals surface area (Å²) in [7, 11) is 0. The second-order valence-electron chi connectivity index (χ2n) is 7.43. The summed E-state index contributed by atoms with van der Waals surface area (Å²) in [6, 6.07) is 0. The van der Waals surface area contributed by atoms with Crippen LogP contribution in [0.25, 0.3) is 0 Å². The van der Waals surface area contributed by atoms with Crippen LogP contribution in [0.2, 0.25) is 0 Å². The molecule has 0 aromatic rings. The third kappa shape index (κ3) is 19.4. The summed E-state index contributed by atoms with van der Waals surface area (Å²) in [6.07, 6.45) is -6.87. The standard InChI is InChI=1S/3C6H8O7.La/c3*7-3(8)1-6(13,5(11)12)2-4(9)10;/h3*13H,1-2H2,(H,7,8)(H,9,10)(H,11,12);. The number of carboxylic acids is 9. The van der Waals surface area contributed by atoms with Gasteiger partial charge in [0.2, 0.25) is 0 Å². The summed E-state index contributed by atoms with van der Waals surface area (Å²) in [5.74, 6) is -15.1. The summed E-state index contributed by atoms with van der Waals surface area (Å²) < 4.78 is 0. The van der Waals surface area contributed by atoms with Gasteiger partial charge in [-0.05, 0) is 0 Å². The van der Waals surface area contributed by atoms with Crippen molar-refractivity contribution in [3.8, 4) is 0 Å². The Balaban J connectivity index is -0.000000240. The average Bonchev–Trinajstić information content (AvgIpc) is 2.64. The Morgan fingerprint density at radius 3 is 0.475 bits per heavy atom. The van der Waals surface area contributed by atoms with E-state index in [9.17, 15) is 43.2 Å². The van der Waals surface area contributed by atoms with E-state index in [4.69, 9.17) is 61.3 Å². The first-order valence-corrected chi connectivity index (χ1v) is 9.51. The zero-order valence-corrected chi connectivity index (χ0v) is 23.5. The second kappa shape index (κ2) is 18.6. The van der Waals surface area contributed by atoms with Crippen molar-refractivity contribution in [3.63, 3.8) is 0 Å². The molecular weight excluding hydrogens is 691 g/mol. The Labute approximate surface area is 248 Å². The monoisotopic (exact) mass is 715 g/mol. The van der Waals surface area contributed by atoms with Crippen LogP contribution in [0.1, 0.15) is 38.5 Å². The maximum absolute atomic E-state index is 10.3. The smallest absolute Gasteiger partial charge is 0.336 e. The fourth-order valence-electron chi connectivity index (χ4n) is 2.14. The Morgan fingerprint density at radius 1 is 0.325 bits per heavy atom. The Morgan fingerprint density at radius 2 is 0.425 bits per heavy atom. The molecule has 0 fully saturated rings. The van der Waals surface area contributed by atoms with Crippen molar-refractivity contribution >= 4 is 53.7 Å². The van der Waals surface area contributed by atoms with E-state index in [1.165, 1.54) is 0 Å². The first-order chi connectivity index (χ1) is 17.3. The molecule has 40 heavy (non-hydrogen) atoms. The van der Waals surface area contributed by atoms with Crippen molar-refractivity contribution in [2.75, 3.05) is 0 Å². The van der Waals surface area contributed by atoms with E-state index in [2.05, 4.69) is 0 Å². The number of hydrogen-bond donors (Lipinski definition) is 12. The van der Waals surface area contributed by atoms with E-state index in [1.807, 2.05) is 0 Å². The van der Waals surface area contributed by atoms with Gasteiger partial charge in [-0.25, -0.2) is 14.4 Å². The largest absolute Gasteiger partial charge is 0.481 e. The van der Waals surface area contributed by atoms with E-state index >= 15 is 0 Å². The van der Waals surface area contributed by atoms with E-state index in [0.717, 1.165) is 0 Å². The van der Waals surface area contributed by atoms with Gasteiger partial charge in [-0.3, -0.25) is 28.8 Å². The zero-order chi connectivity index (χ0) is 31.9.